The predicted octanol–water partition coefficient (Wildman–Crippen LogP) is 0.669. The van der Waals surface area contributed by atoms with E-state index in [2.05, 4.69) is 26.2 Å². The van der Waals surface area contributed by atoms with Crippen LogP contribution in [0.25, 0.3) is 5.70 Å². The highest BCUT2D eigenvalue weighted by Gasteiger charge is 2.39. The van der Waals surface area contributed by atoms with Gasteiger partial charge in [0.25, 0.3) is 5.56 Å². The maximum absolute atomic E-state index is 12.4. The fourth-order valence-electron chi connectivity index (χ4n) is 2.19. The fourth-order valence-corrected chi connectivity index (χ4v) is 2.49. The average Bonchev–Trinajstić information content (AvgIpc) is 2.52. The first-order chi connectivity index (χ1) is 11.6. The van der Waals surface area contributed by atoms with Gasteiger partial charge in [-0.2, -0.15) is 4.98 Å². The molecule has 1 unspecified atom stereocenters. The summed E-state index contributed by atoms with van der Waals surface area (Å²) < 4.78 is 16.5. The van der Waals surface area contributed by atoms with Crippen molar-refractivity contribution in [3.8, 4) is 6.01 Å². The summed E-state index contributed by atoms with van der Waals surface area (Å²) in [6.07, 6.45) is 0.224. The molecule has 0 aliphatic carbocycles. The Labute approximate surface area is 152 Å². The Morgan fingerprint density at radius 3 is 2.40 bits per heavy atom. The summed E-state index contributed by atoms with van der Waals surface area (Å²) in [6, 6.07) is -0.150. The number of methoxy groups -OCH3 is 2. The van der Waals surface area contributed by atoms with E-state index in [1.807, 2.05) is 20.8 Å². The first-order valence-corrected chi connectivity index (χ1v) is 8.03. The number of hydrogen-bond acceptors (Lipinski definition) is 8. The zero-order chi connectivity index (χ0) is 18.9. The highest BCUT2D eigenvalue weighted by atomic mass is 79.9. The maximum Gasteiger partial charge on any atom is 0.355 e. The van der Waals surface area contributed by atoms with E-state index in [4.69, 9.17) is 14.2 Å². The number of nitrogens with zero attached hydrogens (tertiary/aromatic N) is 2. The average molecular weight is 416 g/mol. The lowest BCUT2D eigenvalue weighted by molar-refractivity contribution is -0.139. The molecule has 1 aromatic rings. The second-order valence-electron chi connectivity index (χ2n) is 6.18. The number of esters is 2. The molecule has 1 aliphatic heterocycles. The van der Waals surface area contributed by atoms with E-state index in [9.17, 15) is 14.4 Å². The number of carbonyl (C=O) groups is 2. The van der Waals surface area contributed by atoms with Crippen molar-refractivity contribution in [2.75, 3.05) is 14.2 Å². The van der Waals surface area contributed by atoms with E-state index in [1.54, 1.807) is 0 Å². The summed E-state index contributed by atoms with van der Waals surface area (Å²) in [5.74, 6) is -1.58. The number of carbonyl (C=O) groups excluding carboxylic acids is 2. The molecule has 25 heavy (non-hydrogen) atoms. The van der Waals surface area contributed by atoms with Gasteiger partial charge >= 0.3 is 17.9 Å². The first kappa shape index (κ1) is 19.1. The Kier molecular flexibility index (Phi) is 5.33. The topological polar surface area (TPSA) is 109 Å². The Bertz CT molecular complexity index is 808. The van der Waals surface area contributed by atoms with E-state index < -0.39 is 29.3 Å². The molecule has 1 N–H and O–H groups in total. The summed E-state index contributed by atoms with van der Waals surface area (Å²) in [6.45, 7) is 5.54. The molecule has 2 heterocycles. The third-order valence-corrected chi connectivity index (χ3v) is 3.72. The molecule has 0 amide bonds. The van der Waals surface area contributed by atoms with Crippen LogP contribution in [0.1, 0.15) is 20.8 Å². The Morgan fingerprint density at radius 1 is 1.28 bits per heavy atom. The van der Waals surface area contributed by atoms with Crippen LogP contribution in [0, 0.1) is 0 Å². The minimum absolute atomic E-state index is 0.0888. The number of hydrogen-bond donors (Lipinski definition) is 1. The van der Waals surface area contributed by atoms with E-state index >= 15 is 0 Å². The Hall–Kier alpha value is -2.20. The Balaban J connectivity index is 2.78. The lowest BCUT2D eigenvalue weighted by Crippen LogP contribution is -2.52. The molecule has 0 saturated heterocycles. The molecule has 1 atom stereocenters. The number of nitrogens with one attached hydrogen (secondary N) is 1. The molecule has 0 radical (unpaired) electrons. The predicted molar refractivity (Wildman–Crippen MR) is 90.7 cm³/mol. The summed E-state index contributed by atoms with van der Waals surface area (Å²) in [5, 5.41) is 3.05. The van der Waals surface area contributed by atoms with Crippen LogP contribution in [0.3, 0.4) is 0 Å². The number of ether oxygens (including phenoxy) is 3. The normalized spacial score (nSPS) is 16.8. The molecule has 0 fully saturated rings. The van der Waals surface area contributed by atoms with Gasteiger partial charge in [0.15, 0.2) is 11.9 Å². The van der Waals surface area contributed by atoms with Gasteiger partial charge in [-0.1, -0.05) is 0 Å². The van der Waals surface area contributed by atoms with Gasteiger partial charge in [-0.15, -0.1) is 0 Å². The van der Waals surface area contributed by atoms with Crippen LogP contribution in [-0.2, 0) is 19.1 Å². The number of rotatable bonds is 3. The molecule has 0 bridgehead atoms. The molecule has 9 nitrogen and oxygen atoms in total. The van der Waals surface area contributed by atoms with Gasteiger partial charge in [-0.25, -0.2) is 9.59 Å². The zero-order valence-electron chi connectivity index (χ0n) is 14.4. The number of fused-ring (bicyclic) bond motifs is 1. The van der Waals surface area contributed by atoms with Gasteiger partial charge in [0, 0.05) is 11.7 Å². The highest BCUT2D eigenvalue weighted by Crippen LogP contribution is 2.30. The van der Waals surface area contributed by atoms with Crippen molar-refractivity contribution >= 4 is 33.6 Å². The molecule has 2 rings (SSSR count). The van der Waals surface area contributed by atoms with Gasteiger partial charge in [-0.05, 0) is 36.7 Å². The smallest absolute Gasteiger partial charge is 0.355 e. The van der Waals surface area contributed by atoms with Gasteiger partial charge in [0.2, 0.25) is 0 Å². The summed E-state index contributed by atoms with van der Waals surface area (Å²) in [4.78, 5) is 40.3. The third kappa shape index (κ3) is 3.90. The highest BCUT2D eigenvalue weighted by molar-refractivity contribution is 9.10. The van der Waals surface area contributed by atoms with Crippen LogP contribution in [0.15, 0.2) is 21.0 Å². The van der Waals surface area contributed by atoms with E-state index in [1.165, 1.54) is 25.0 Å². The molecule has 136 valence electrons. The SMILES string of the molecule is COC(=O)C1=C(C(=O)OC)n2cc(Br)c(=O)nc2OC1NC(C)(C)C. The Morgan fingerprint density at radius 2 is 1.88 bits per heavy atom. The van der Waals surface area contributed by atoms with Crippen LogP contribution >= 0.6 is 15.9 Å². The molecule has 1 aliphatic rings. The molecular formula is C15H18BrN3O6. The van der Waals surface area contributed by atoms with Crippen molar-refractivity contribution in [1.29, 1.82) is 0 Å². The van der Waals surface area contributed by atoms with Gasteiger partial charge in [-0.3, -0.25) is 14.7 Å². The fraction of sp³-hybridized carbons (Fsp3) is 0.467. The van der Waals surface area contributed by atoms with Crippen LogP contribution in [-0.4, -0.2) is 47.5 Å². The van der Waals surface area contributed by atoms with Gasteiger partial charge in [0.05, 0.1) is 14.2 Å². The second-order valence-corrected chi connectivity index (χ2v) is 7.04. The third-order valence-electron chi connectivity index (χ3n) is 3.18. The summed E-state index contributed by atoms with van der Waals surface area (Å²) in [7, 11) is 2.37. The second kappa shape index (κ2) is 6.96. The van der Waals surface area contributed by atoms with Crippen molar-refractivity contribution < 1.29 is 23.8 Å². The lowest BCUT2D eigenvalue weighted by Gasteiger charge is -2.33. The summed E-state index contributed by atoms with van der Waals surface area (Å²) in [5.41, 5.74) is -1.30. The van der Waals surface area contributed by atoms with Crippen LogP contribution in [0.2, 0.25) is 0 Å². The van der Waals surface area contributed by atoms with E-state index in [-0.39, 0.29) is 21.8 Å². The maximum atomic E-state index is 12.4. The lowest BCUT2D eigenvalue weighted by atomic mass is 10.1. The largest absolute Gasteiger partial charge is 0.465 e. The molecule has 0 saturated carbocycles. The van der Waals surface area contributed by atoms with E-state index in [0.29, 0.717) is 0 Å². The molecule has 0 aromatic carbocycles. The minimum Gasteiger partial charge on any atom is -0.465 e. The standard InChI is InChI=1S/C15H18BrN3O6/c1-15(2,3)18-11-8(12(21)23-4)9(13(22)24-5)19-6-7(16)10(20)17-14(19)25-11/h6,11,18H,1-5H3. The van der Waals surface area contributed by atoms with Gasteiger partial charge in [0.1, 0.15) is 10.0 Å². The number of halogens is 1. The minimum atomic E-state index is -1.06. The van der Waals surface area contributed by atoms with Crippen LogP contribution < -0.4 is 15.6 Å². The van der Waals surface area contributed by atoms with Crippen molar-refractivity contribution in [3.05, 3.63) is 26.6 Å². The molecule has 1 aromatic heterocycles. The first-order valence-electron chi connectivity index (χ1n) is 7.23. The quantitative estimate of drug-likeness (QED) is 0.717. The molecular weight excluding hydrogens is 398 g/mol. The monoisotopic (exact) mass is 415 g/mol. The van der Waals surface area contributed by atoms with Crippen molar-refractivity contribution in [3.63, 3.8) is 0 Å². The van der Waals surface area contributed by atoms with Crippen molar-refractivity contribution in [2.45, 2.75) is 32.5 Å². The van der Waals surface area contributed by atoms with Crippen LogP contribution in [0.5, 0.6) is 6.01 Å². The van der Waals surface area contributed by atoms with E-state index in [0.717, 1.165) is 0 Å². The summed E-state index contributed by atoms with van der Waals surface area (Å²) >= 11 is 3.05. The van der Waals surface area contributed by atoms with Crippen molar-refractivity contribution in [1.82, 2.24) is 14.9 Å². The van der Waals surface area contributed by atoms with Crippen LogP contribution in [0.4, 0.5) is 0 Å². The molecule has 0 spiro atoms. The zero-order valence-corrected chi connectivity index (χ0v) is 16.0. The molecule has 10 heteroatoms. The van der Waals surface area contributed by atoms with Crippen molar-refractivity contribution in [2.24, 2.45) is 0 Å². The number of aromatic nitrogens is 2. The van der Waals surface area contributed by atoms with Gasteiger partial charge < -0.3 is 14.2 Å².